The third-order valence-corrected chi connectivity index (χ3v) is 5.17. The maximum atomic E-state index is 14.0. The van der Waals surface area contributed by atoms with Crippen molar-refractivity contribution >= 4 is 5.91 Å². The van der Waals surface area contributed by atoms with Gasteiger partial charge in [-0.1, -0.05) is 12.1 Å². The topological polar surface area (TPSA) is 58.4 Å². The lowest BCUT2D eigenvalue weighted by Gasteiger charge is -2.31. The fraction of sp³-hybridized carbons (Fsp3) is 0.500. The Balaban J connectivity index is 1.43. The monoisotopic (exact) mass is 357 g/mol. The van der Waals surface area contributed by atoms with Gasteiger partial charge in [-0.15, -0.1) is 0 Å². The molecule has 1 aliphatic heterocycles. The SMILES string of the molecule is Cc1oc(-c2ccccc2F)nc1CN1CCCC(C(=O)NC2CC2)C1. The van der Waals surface area contributed by atoms with Gasteiger partial charge in [-0.05, 0) is 51.3 Å². The van der Waals surface area contributed by atoms with E-state index < -0.39 is 0 Å². The smallest absolute Gasteiger partial charge is 0.229 e. The Hall–Kier alpha value is -2.21. The van der Waals surface area contributed by atoms with E-state index >= 15 is 0 Å². The zero-order valence-corrected chi connectivity index (χ0v) is 15.0. The number of hydrogen-bond acceptors (Lipinski definition) is 4. The number of rotatable bonds is 5. The number of piperidine rings is 1. The van der Waals surface area contributed by atoms with E-state index in [2.05, 4.69) is 15.2 Å². The molecule has 1 saturated heterocycles. The lowest BCUT2D eigenvalue weighted by atomic mass is 9.97. The second-order valence-electron chi connectivity index (χ2n) is 7.36. The number of aromatic nitrogens is 1. The summed E-state index contributed by atoms with van der Waals surface area (Å²) in [4.78, 5) is 19.1. The molecular formula is C20H24FN3O2. The Morgan fingerprint density at radius 3 is 2.92 bits per heavy atom. The molecule has 138 valence electrons. The molecule has 2 aliphatic rings. The molecule has 0 spiro atoms. The van der Waals surface area contributed by atoms with Gasteiger partial charge in [0, 0.05) is 19.1 Å². The third kappa shape index (κ3) is 3.80. The highest BCUT2D eigenvalue weighted by Crippen LogP contribution is 2.27. The fourth-order valence-electron chi connectivity index (χ4n) is 3.50. The molecule has 6 heteroatoms. The maximum absolute atomic E-state index is 14.0. The number of amides is 1. The predicted octanol–water partition coefficient (Wildman–Crippen LogP) is 3.28. The van der Waals surface area contributed by atoms with E-state index in [9.17, 15) is 9.18 Å². The fourth-order valence-corrected chi connectivity index (χ4v) is 3.50. The van der Waals surface area contributed by atoms with Gasteiger partial charge in [0.1, 0.15) is 11.6 Å². The molecule has 4 rings (SSSR count). The number of hydrogen-bond donors (Lipinski definition) is 1. The summed E-state index contributed by atoms with van der Waals surface area (Å²) in [6, 6.07) is 6.90. The Labute approximate surface area is 152 Å². The zero-order valence-electron chi connectivity index (χ0n) is 15.0. The summed E-state index contributed by atoms with van der Waals surface area (Å²) in [7, 11) is 0. The number of benzene rings is 1. The summed E-state index contributed by atoms with van der Waals surface area (Å²) in [5, 5.41) is 3.11. The highest BCUT2D eigenvalue weighted by molar-refractivity contribution is 5.79. The number of aryl methyl sites for hydroxylation is 1. The first-order valence-corrected chi connectivity index (χ1v) is 9.34. The van der Waals surface area contributed by atoms with Crippen molar-refractivity contribution in [2.24, 2.45) is 5.92 Å². The number of nitrogens with one attached hydrogen (secondary N) is 1. The summed E-state index contributed by atoms with van der Waals surface area (Å²) >= 11 is 0. The molecule has 2 heterocycles. The molecule has 1 aromatic heterocycles. The number of nitrogens with zero attached hydrogens (tertiary/aromatic N) is 2. The number of carbonyl (C=O) groups excluding carboxylic acids is 1. The number of likely N-dealkylation sites (tertiary alicyclic amines) is 1. The van der Waals surface area contributed by atoms with Gasteiger partial charge in [0.2, 0.25) is 11.8 Å². The molecule has 1 aliphatic carbocycles. The molecule has 1 amide bonds. The highest BCUT2D eigenvalue weighted by Gasteiger charge is 2.31. The van der Waals surface area contributed by atoms with E-state index in [1.165, 1.54) is 6.07 Å². The van der Waals surface area contributed by atoms with Gasteiger partial charge in [-0.3, -0.25) is 9.69 Å². The maximum Gasteiger partial charge on any atom is 0.229 e. The number of carbonyl (C=O) groups is 1. The average molecular weight is 357 g/mol. The van der Waals surface area contributed by atoms with Crippen LogP contribution in [0.25, 0.3) is 11.5 Å². The summed E-state index contributed by atoms with van der Waals surface area (Å²) in [6.45, 7) is 4.15. The molecule has 1 unspecified atom stereocenters. The zero-order chi connectivity index (χ0) is 18.1. The normalized spacial score (nSPS) is 20.9. The Morgan fingerprint density at radius 2 is 2.15 bits per heavy atom. The van der Waals surface area contributed by atoms with E-state index in [0.717, 1.165) is 44.5 Å². The van der Waals surface area contributed by atoms with Crippen molar-refractivity contribution < 1.29 is 13.6 Å². The van der Waals surface area contributed by atoms with Crippen LogP contribution >= 0.6 is 0 Å². The van der Waals surface area contributed by atoms with Crippen LogP contribution in [0.5, 0.6) is 0 Å². The Bertz CT molecular complexity index is 800. The first-order chi connectivity index (χ1) is 12.6. The van der Waals surface area contributed by atoms with Crippen molar-refractivity contribution in [2.45, 2.75) is 45.2 Å². The van der Waals surface area contributed by atoms with E-state index in [0.29, 0.717) is 29.8 Å². The Kier molecular flexibility index (Phi) is 4.76. The van der Waals surface area contributed by atoms with Crippen molar-refractivity contribution in [3.63, 3.8) is 0 Å². The van der Waals surface area contributed by atoms with Crippen LogP contribution < -0.4 is 5.32 Å². The number of halogens is 1. The van der Waals surface area contributed by atoms with Gasteiger partial charge in [0.15, 0.2) is 0 Å². The van der Waals surface area contributed by atoms with Crippen LogP contribution in [0, 0.1) is 18.7 Å². The highest BCUT2D eigenvalue weighted by atomic mass is 19.1. The molecule has 0 radical (unpaired) electrons. The second-order valence-corrected chi connectivity index (χ2v) is 7.36. The van der Waals surface area contributed by atoms with Crippen molar-refractivity contribution in [1.29, 1.82) is 0 Å². The molecule has 26 heavy (non-hydrogen) atoms. The Morgan fingerprint density at radius 1 is 1.35 bits per heavy atom. The minimum atomic E-state index is -0.338. The van der Waals surface area contributed by atoms with Gasteiger partial charge in [-0.25, -0.2) is 9.37 Å². The number of oxazole rings is 1. The quantitative estimate of drug-likeness (QED) is 0.892. The summed E-state index contributed by atoms with van der Waals surface area (Å²) in [5.74, 6) is 0.905. The predicted molar refractivity (Wildman–Crippen MR) is 95.8 cm³/mol. The molecular weight excluding hydrogens is 333 g/mol. The molecule has 0 bridgehead atoms. The first kappa shape index (κ1) is 17.2. The largest absolute Gasteiger partial charge is 0.441 e. The van der Waals surface area contributed by atoms with Gasteiger partial charge in [0.05, 0.1) is 17.2 Å². The standard InChI is InChI=1S/C20H24FN3O2/c1-13-18(23-20(26-13)16-6-2-3-7-17(16)21)12-24-10-4-5-14(11-24)19(25)22-15-8-9-15/h2-3,6-7,14-15H,4-5,8-12H2,1H3,(H,22,25). The molecule has 1 N–H and O–H groups in total. The van der Waals surface area contributed by atoms with Gasteiger partial charge < -0.3 is 9.73 Å². The lowest BCUT2D eigenvalue weighted by Crippen LogP contribution is -2.43. The van der Waals surface area contributed by atoms with E-state index in [1.54, 1.807) is 18.2 Å². The summed E-state index contributed by atoms with van der Waals surface area (Å²) < 4.78 is 19.7. The summed E-state index contributed by atoms with van der Waals surface area (Å²) in [6.07, 6.45) is 4.16. The van der Waals surface area contributed by atoms with Crippen LogP contribution in [0.1, 0.15) is 37.1 Å². The molecule has 2 fully saturated rings. The lowest BCUT2D eigenvalue weighted by molar-refractivity contribution is -0.126. The molecule has 1 aromatic carbocycles. The third-order valence-electron chi connectivity index (χ3n) is 5.17. The van der Waals surface area contributed by atoms with Crippen LogP contribution in [-0.2, 0) is 11.3 Å². The average Bonchev–Trinajstić information content (AvgIpc) is 3.38. The van der Waals surface area contributed by atoms with Crippen molar-refractivity contribution in [3.05, 3.63) is 41.5 Å². The van der Waals surface area contributed by atoms with Gasteiger partial charge in [0.25, 0.3) is 0 Å². The van der Waals surface area contributed by atoms with Gasteiger partial charge >= 0.3 is 0 Å². The van der Waals surface area contributed by atoms with Crippen molar-refractivity contribution in [1.82, 2.24) is 15.2 Å². The van der Waals surface area contributed by atoms with E-state index in [-0.39, 0.29) is 17.6 Å². The van der Waals surface area contributed by atoms with Crippen molar-refractivity contribution in [3.8, 4) is 11.5 Å². The van der Waals surface area contributed by atoms with Crippen molar-refractivity contribution in [2.75, 3.05) is 13.1 Å². The van der Waals surface area contributed by atoms with E-state index in [4.69, 9.17) is 4.42 Å². The van der Waals surface area contributed by atoms with Crippen LogP contribution in [0.4, 0.5) is 4.39 Å². The molecule has 1 atom stereocenters. The molecule has 2 aromatic rings. The molecule has 1 saturated carbocycles. The molecule has 5 nitrogen and oxygen atoms in total. The minimum absolute atomic E-state index is 0.0441. The summed E-state index contributed by atoms with van der Waals surface area (Å²) in [5.41, 5.74) is 1.19. The van der Waals surface area contributed by atoms with Crippen LogP contribution in [0.15, 0.2) is 28.7 Å². The van der Waals surface area contributed by atoms with Crippen LogP contribution in [0.2, 0.25) is 0 Å². The van der Waals surface area contributed by atoms with E-state index in [1.807, 2.05) is 6.92 Å². The van der Waals surface area contributed by atoms with Crippen LogP contribution in [0.3, 0.4) is 0 Å². The van der Waals surface area contributed by atoms with Crippen LogP contribution in [-0.4, -0.2) is 34.9 Å². The first-order valence-electron chi connectivity index (χ1n) is 9.34. The second kappa shape index (κ2) is 7.19. The van der Waals surface area contributed by atoms with Gasteiger partial charge in [-0.2, -0.15) is 0 Å². The minimum Gasteiger partial charge on any atom is -0.441 e.